The van der Waals surface area contributed by atoms with Gasteiger partial charge in [-0.3, -0.25) is 4.79 Å². The average molecular weight is 228 g/mol. The Labute approximate surface area is 97.8 Å². The number of carbonyl (C=O) groups excluding carboxylic acids is 1. The van der Waals surface area contributed by atoms with Gasteiger partial charge in [0.05, 0.1) is 5.54 Å². The fourth-order valence-electron chi connectivity index (χ4n) is 2.13. The van der Waals surface area contributed by atoms with Crippen LogP contribution < -0.4 is 10.6 Å². The normalized spacial score (nSPS) is 27.4. The molecule has 4 nitrogen and oxygen atoms in total. The van der Waals surface area contributed by atoms with Crippen LogP contribution in [0.5, 0.6) is 0 Å². The summed E-state index contributed by atoms with van der Waals surface area (Å²) in [5.41, 5.74) is -0.416. The second kappa shape index (κ2) is 6.21. The van der Waals surface area contributed by atoms with Crippen LogP contribution in [-0.4, -0.2) is 35.7 Å². The van der Waals surface area contributed by atoms with Gasteiger partial charge in [0.2, 0.25) is 5.91 Å². The first-order valence-electron chi connectivity index (χ1n) is 6.29. The van der Waals surface area contributed by atoms with Crippen LogP contribution in [0.15, 0.2) is 0 Å². The summed E-state index contributed by atoms with van der Waals surface area (Å²) in [7, 11) is 0. The maximum absolute atomic E-state index is 12.1. The van der Waals surface area contributed by atoms with Gasteiger partial charge in [0.1, 0.15) is 0 Å². The van der Waals surface area contributed by atoms with Crippen LogP contribution in [0, 0.1) is 0 Å². The molecule has 0 radical (unpaired) electrons. The molecule has 1 aliphatic heterocycles. The lowest BCUT2D eigenvalue weighted by Crippen LogP contribution is -2.58. The van der Waals surface area contributed by atoms with Gasteiger partial charge < -0.3 is 15.7 Å². The molecule has 0 aromatic heterocycles. The Morgan fingerprint density at radius 2 is 2.31 bits per heavy atom. The second-order valence-corrected chi connectivity index (χ2v) is 4.81. The minimum absolute atomic E-state index is 0.0764. The van der Waals surface area contributed by atoms with Crippen molar-refractivity contribution in [3.63, 3.8) is 0 Å². The SMILES string of the molecule is CCC(CCO)NC(=O)C1(C)CCCCN1. The van der Waals surface area contributed by atoms with Crippen LogP contribution in [-0.2, 0) is 4.79 Å². The van der Waals surface area contributed by atoms with Gasteiger partial charge >= 0.3 is 0 Å². The van der Waals surface area contributed by atoms with Crippen LogP contribution in [0.1, 0.15) is 46.0 Å². The summed E-state index contributed by atoms with van der Waals surface area (Å²) in [5, 5.41) is 15.2. The number of rotatable bonds is 5. The highest BCUT2D eigenvalue weighted by Crippen LogP contribution is 2.19. The van der Waals surface area contributed by atoms with Crippen LogP contribution >= 0.6 is 0 Å². The molecule has 1 aliphatic rings. The smallest absolute Gasteiger partial charge is 0.240 e. The zero-order valence-electron chi connectivity index (χ0n) is 10.4. The van der Waals surface area contributed by atoms with E-state index in [9.17, 15) is 4.79 Å². The molecule has 0 aromatic carbocycles. The summed E-state index contributed by atoms with van der Waals surface area (Å²) in [6, 6.07) is 0.0954. The van der Waals surface area contributed by atoms with Gasteiger partial charge in [-0.2, -0.15) is 0 Å². The highest BCUT2D eigenvalue weighted by Gasteiger charge is 2.34. The van der Waals surface area contributed by atoms with Crippen molar-refractivity contribution in [2.24, 2.45) is 0 Å². The molecule has 3 N–H and O–H groups in total. The standard InChI is InChI=1S/C12H24N2O2/c1-3-10(6-9-15)14-11(16)12(2)7-4-5-8-13-12/h10,13,15H,3-9H2,1-2H3,(H,14,16). The van der Waals surface area contributed by atoms with E-state index in [1.807, 2.05) is 13.8 Å². The van der Waals surface area contributed by atoms with Crippen LogP contribution in [0.4, 0.5) is 0 Å². The first kappa shape index (κ1) is 13.5. The zero-order chi connectivity index (χ0) is 12.0. The first-order valence-corrected chi connectivity index (χ1v) is 6.29. The zero-order valence-corrected chi connectivity index (χ0v) is 10.4. The predicted octanol–water partition coefficient (Wildman–Crippen LogP) is 0.796. The minimum atomic E-state index is -0.416. The Hall–Kier alpha value is -0.610. The highest BCUT2D eigenvalue weighted by atomic mass is 16.3. The van der Waals surface area contributed by atoms with Gasteiger partial charge in [0.25, 0.3) is 0 Å². The maximum Gasteiger partial charge on any atom is 0.240 e. The molecule has 0 saturated carbocycles. The lowest BCUT2D eigenvalue weighted by Gasteiger charge is -2.34. The molecule has 2 atom stereocenters. The summed E-state index contributed by atoms with van der Waals surface area (Å²) in [6.45, 7) is 5.04. The molecule has 1 amide bonds. The molecule has 0 aromatic rings. The monoisotopic (exact) mass is 228 g/mol. The third-order valence-corrected chi connectivity index (χ3v) is 3.43. The molecule has 94 valence electrons. The second-order valence-electron chi connectivity index (χ2n) is 4.81. The molecule has 1 saturated heterocycles. The van der Waals surface area contributed by atoms with Crippen molar-refractivity contribution in [1.82, 2.24) is 10.6 Å². The van der Waals surface area contributed by atoms with Crippen LogP contribution in [0.3, 0.4) is 0 Å². The van der Waals surface area contributed by atoms with Crippen molar-refractivity contribution in [1.29, 1.82) is 0 Å². The summed E-state index contributed by atoms with van der Waals surface area (Å²) >= 11 is 0. The highest BCUT2D eigenvalue weighted by molar-refractivity contribution is 5.86. The van der Waals surface area contributed by atoms with E-state index in [2.05, 4.69) is 10.6 Å². The maximum atomic E-state index is 12.1. The van der Waals surface area contributed by atoms with Gasteiger partial charge in [-0.1, -0.05) is 6.92 Å². The van der Waals surface area contributed by atoms with E-state index in [0.717, 1.165) is 32.2 Å². The number of piperidine rings is 1. The van der Waals surface area contributed by atoms with Gasteiger partial charge in [-0.25, -0.2) is 0 Å². The molecule has 0 aliphatic carbocycles. The van der Waals surface area contributed by atoms with Gasteiger partial charge in [0, 0.05) is 12.6 Å². The van der Waals surface area contributed by atoms with E-state index in [1.165, 1.54) is 0 Å². The number of carbonyl (C=O) groups is 1. The quantitative estimate of drug-likeness (QED) is 0.652. The molecule has 0 spiro atoms. The predicted molar refractivity (Wildman–Crippen MR) is 64.2 cm³/mol. The average Bonchev–Trinajstić information content (AvgIpc) is 2.29. The fourth-order valence-corrected chi connectivity index (χ4v) is 2.13. The Balaban J connectivity index is 2.48. The molecule has 1 rings (SSSR count). The molecule has 1 heterocycles. The van der Waals surface area contributed by atoms with Crippen molar-refractivity contribution in [2.45, 2.75) is 57.5 Å². The molecule has 16 heavy (non-hydrogen) atoms. The van der Waals surface area contributed by atoms with Crippen molar-refractivity contribution in [3.05, 3.63) is 0 Å². The fraction of sp³-hybridized carbons (Fsp3) is 0.917. The van der Waals surface area contributed by atoms with Crippen molar-refractivity contribution >= 4 is 5.91 Å². The van der Waals surface area contributed by atoms with Crippen LogP contribution in [0.25, 0.3) is 0 Å². The topological polar surface area (TPSA) is 61.4 Å². The van der Waals surface area contributed by atoms with E-state index >= 15 is 0 Å². The van der Waals surface area contributed by atoms with Crippen molar-refractivity contribution < 1.29 is 9.90 Å². The lowest BCUT2D eigenvalue weighted by molar-refractivity contribution is -0.128. The summed E-state index contributed by atoms with van der Waals surface area (Å²) in [5.74, 6) is 0.0764. The largest absolute Gasteiger partial charge is 0.396 e. The minimum Gasteiger partial charge on any atom is -0.396 e. The molecule has 0 bridgehead atoms. The number of hydrogen-bond donors (Lipinski definition) is 3. The van der Waals surface area contributed by atoms with E-state index in [1.54, 1.807) is 0 Å². The number of aliphatic hydroxyl groups excluding tert-OH is 1. The van der Waals surface area contributed by atoms with Crippen molar-refractivity contribution in [3.8, 4) is 0 Å². The van der Waals surface area contributed by atoms with Gasteiger partial charge in [-0.05, 0) is 45.6 Å². The van der Waals surface area contributed by atoms with Crippen LogP contribution in [0.2, 0.25) is 0 Å². The van der Waals surface area contributed by atoms with Crippen molar-refractivity contribution in [2.75, 3.05) is 13.2 Å². The molecular formula is C12H24N2O2. The van der Waals surface area contributed by atoms with E-state index in [4.69, 9.17) is 5.11 Å². The Morgan fingerprint density at radius 1 is 1.56 bits per heavy atom. The summed E-state index contributed by atoms with van der Waals surface area (Å²) in [6.07, 6.45) is 4.65. The van der Waals surface area contributed by atoms with E-state index in [-0.39, 0.29) is 18.6 Å². The third kappa shape index (κ3) is 3.46. The number of aliphatic hydroxyl groups is 1. The molecule has 4 heteroatoms. The Bertz CT molecular complexity index is 225. The molecule has 2 unspecified atom stereocenters. The summed E-state index contributed by atoms with van der Waals surface area (Å²) in [4.78, 5) is 12.1. The molecular weight excluding hydrogens is 204 g/mol. The Kier molecular flexibility index (Phi) is 5.22. The Morgan fingerprint density at radius 3 is 2.81 bits per heavy atom. The van der Waals surface area contributed by atoms with Gasteiger partial charge in [0.15, 0.2) is 0 Å². The number of amides is 1. The lowest BCUT2D eigenvalue weighted by atomic mass is 9.89. The number of hydrogen-bond acceptors (Lipinski definition) is 3. The molecule has 1 fully saturated rings. The van der Waals surface area contributed by atoms with Gasteiger partial charge in [-0.15, -0.1) is 0 Å². The van der Waals surface area contributed by atoms with E-state index in [0.29, 0.717) is 6.42 Å². The number of nitrogens with one attached hydrogen (secondary N) is 2. The first-order chi connectivity index (χ1) is 7.62. The summed E-state index contributed by atoms with van der Waals surface area (Å²) < 4.78 is 0. The third-order valence-electron chi connectivity index (χ3n) is 3.43. The van der Waals surface area contributed by atoms with E-state index < -0.39 is 5.54 Å².